The fraction of sp³-hybridized carbons (Fsp3) is 0.300. The van der Waals surface area contributed by atoms with Crippen LogP contribution in [0.4, 0.5) is 0 Å². The van der Waals surface area contributed by atoms with Crippen LogP contribution >= 0.6 is 0 Å². The molecule has 0 unspecified atom stereocenters. The first kappa shape index (κ1) is 16.4. The van der Waals surface area contributed by atoms with Gasteiger partial charge in [-0.3, -0.25) is 9.89 Å². The molecule has 1 aromatic carbocycles. The molecule has 1 aliphatic carbocycles. The Hall–Kier alpha value is -3.02. The molecule has 2 aromatic rings. The van der Waals surface area contributed by atoms with Gasteiger partial charge >= 0.3 is 0 Å². The molecule has 26 heavy (non-hydrogen) atoms. The predicted molar refractivity (Wildman–Crippen MR) is 99.0 cm³/mol. The van der Waals surface area contributed by atoms with Crippen molar-refractivity contribution >= 4 is 11.5 Å². The monoisotopic (exact) mass is 350 g/mol. The van der Waals surface area contributed by atoms with Crippen LogP contribution in [0.3, 0.4) is 0 Å². The zero-order chi connectivity index (χ0) is 17.8. The highest BCUT2D eigenvalue weighted by atomic mass is 16.5. The highest BCUT2D eigenvalue weighted by molar-refractivity contribution is 5.79. The van der Waals surface area contributed by atoms with Crippen LogP contribution in [0.15, 0.2) is 54.9 Å². The lowest BCUT2D eigenvalue weighted by molar-refractivity contribution is -0.121. The Morgan fingerprint density at radius 1 is 1.31 bits per heavy atom. The van der Waals surface area contributed by atoms with Gasteiger partial charge in [0.1, 0.15) is 18.9 Å². The van der Waals surface area contributed by atoms with Crippen molar-refractivity contribution in [2.75, 3.05) is 6.54 Å². The molecule has 134 valence electrons. The van der Waals surface area contributed by atoms with Crippen LogP contribution in [0.25, 0.3) is 5.57 Å². The average molecular weight is 350 g/mol. The van der Waals surface area contributed by atoms with E-state index >= 15 is 0 Å². The van der Waals surface area contributed by atoms with Gasteiger partial charge in [0.25, 0.3) is 0 Å². The molecular formula is C20H22N4O2. The summed E-state index contributed by atoms with van der Waals surface area (Å²) in [5, 5.41) is 10.4. The third-order valence-electron chi connectivity index (χ3n) is 4.32. The SMILES string of the molecule is O=C(CN1C=CCC(c2cc(COc3ccccc3)[nH]n2)=C1)NC1CC1. The minimum Gasteiger partial charge on any atom is -0.487 e. The summed E-state index contributed by atoms with van der Waals surface area (Å²) in [5.41, 5.74) is 2.87. The van der Waals surface area contributed by atoms with E-state index in [0.717, 1.165) is 42.0 Å². The van der Waals surface area contributed by atoms with Crippen molar-refractivity contribution in [3.05, 3.63) is 66.3 Å². The molecule has 0 atom stereocenters. The first-order valence-electron chi connectivity index (χ1n) is 8.91. The van der Waals surface area contributed by atoms with Gasteiger partial charge in [-0.2, -0.15) is 5.10 Å². The van der Waals surface area contributed by atoms with E-state index < -0.39 is 0 Å². The van der Waals surface area contributed by atoms with Crippen molar-refractivity contribution in [2.45, 2.75) is 31.9 Å². The number of nitrogens with one attached hydrogen (secondary N) is 2. The normalized spacial score (nSPS) is 16.3. The summed E-state index contributed by atoms with van der Waals surface area (Å²) < 4.78 is 5.74. The summed E-state index contributed by atoms with van der Waals surface area (Å²) in [6.45, 7) is 0.776. The maximum atomic E-state index is 12.0. The summed E-state index contributed by atoms with van der Waals surface area (Å²) in [6, 6.07) is 12.1. The van der Waals surface area contributed by atoms with Crippen LogP contribution in [0.2, 0.25) is 0 Å². The topological polar surface area (TPSA) is 70.2 Å². The fourth-order valence-electron chi connectivity index (χ4n) is 2.82. The Bertz CT molecular complexity index is 821. The van der Waals surface area contributed by atoms with E-state index in [9.17, 15) is 4.79 Å². The quantitative estimate of drug-likeness (QED) is 0.806. The number of hydrogen-bond acceptors (Lipinski definition) is 4. The van der Waals surface area contributed by atoms with Crippen LogP contribution < -0.4 is 10.1 Å². The van der Waals surface area contributed by atoms with Gasteiger partial charge < -0.3 is 15.0 Å². The number of benzene rings is 1. The van der Waals surface area contributed by atoms with E-state index in [1.807, 2.05) is 53.7 Å². The third kappa shape index (κ3) is 4.33. The van der Waals surface area contributed by atoms with Gasteiger partial charge in [-0.25, -0.2) is 0 Å². The number of allylic oxidation sites excluding steroid dienone is 2. The van der Waals surface area contributed by atoms with Crippen molar-refractivity contribution in [3.63, 3.8) is 0 Å². The molecule has 0 spiro atoms. The minimum atomic E-state index is 0.0635. The molecule has 6 nitrogen and oxygen atoms in total. The van der Waals surface area contributed by atoms with E-state index in [2.05, 4.69) is 21.6 Å². The summed E-state index contributed by atoms with van der Waals surface area (Å²) >= 11 is 0. The number of aromatic nitrogens is 2. The van der Waals surface area contributed by atoms with Crippen LogP contribution in [0.5, 0.6) is 5.75 Å². The third-order valence-corrected chi connectivity index (χ3v) is 4.32. The second-order valence-electron chi connectivity index (χ2n) is 6.64. The first-order chi connectivity index (χ1) is 12.8. The molecule has 1 amide bonds. The molecule has 2 heterocycles. The number of rotatable bonds is 7. The number of carbonyl (C=O) groups is 1. The molecular weight excluding hydrogens is 328 g/mol. The number of nitrogens with zero attached hydrogens (tertiary/aromatic N) is 2. The van der Waals surface area contributed by atoms with Crippen LogP contribution in [0.1, 0.15) is 30.7 Å². The molecule has 2 N–H and O–H groups in total. The van der Waals surface area contributed by atoms with E-state index in [0.29, 0.717) is 19.2 Å². The number of amides is 1. The van der Waals surface area contributed by atoms with Crippen molar-refractivity contribution in [1.29, 1.82) is 0 Å². The highest BCUT2D eigenvalue weighted by Crippen LogP contribution is 2.23. The Balaban J connectivity index is 1.35. The average Bonchev–Trinajstić information content (AvgIpc) is 3.34. The molecule has 2 aliphatic rings. The van der Waals surface area contributed by atoms with Gasteiger partial charge in [0.05, 0.1) is 11.4 Å². The molecule has 1 saturated carbocycles. The second kappa shape index (κ2) is 7.47. The van der Waals surface area contributed by atoms with Crippen LogP contribution in [0, 0.1) is 0 Å². The van der Waals surface area contributed by atoms with Crippen molar-refractivity contribution in [3.8, 4) is 5.75 Å². The van der Waals surface area contributed by atoms with Crippen LogP contribution in [-0.4, -0.2) is 33.6 Å². The zero-order valence-electron chi connectivity index (χ0n) is 14.5. The van der Waals surface area contributed by atoms with Gasteiger partial charge in [-0.1, -0.05) is 24.3 Å². The summed E-state index contributed by atoms with van der Waals surface area (Å²) in [4.78, 5) is 13.9. The lowest BCUT2D eigenvalue weighted by Crippen LogP contribution is -2.34. The smallest absolute Gasteiger partial charge is 0.240 e. The van der Waals surface area contributed by atoms with Crippen LogP contribution in [-0.2, 0) is 11.4 Å². The number of H-pyrrole nitrogens is 1. The molecule has 1 aromatic heterocycles. The summed E-state index contributed by atoms with van der Waals surface area (Å²) in [6.07, 6.45) is 8.99. The summed E-state index contributed by atoms with van der Waals surface area (Å²) in [7, 11) is 0. The Kier molecular flexibility index (Phi) is 4.73. The molecule has 0 bridgehead atoms. The Morgan fingerprint density at radius 2 is 2.15 bits per heavy atom. The second-order valence-corrected chi connectivity index (χ2v) is 6.64. The van der Waals surface area contributed by atoms with E-state index in [1.54, 1.807) is 0 Å². The number of ether oxygens (including phenoxy) is 1. The van der Waals surface area contributed by atoms with Gasteiger partial charge in [0, 0.05) is 18.4 Å². The molecule has 1 fully saturated rings. The van der Waals surface area contributed by atoms with E-state index in [1.165, 1.54) is 0 Å². The largest absolute Gasteiger partial charge is 0.487 e. The number of aromatic amines is 1. The van der Waals surface area contributed by atoms with E-state index in [-0.39, 0.29) is 5.91 Å². The zero-order valence-corrected chi connectivity index (χ0v) is 14.5. The van der Waals surface area contributed by atoms with Gasteiger partial charge in [0.2, 0.25) is 5.91 Å². The predicted octanol–water partition coefficient (Wildman–Crippen LogP) is 2.83. The molecule has 1 aliphatic heterocycles. The Morgan fingerprint density at radius 3 is 2.96 bits per heavy atom. The number of carbonyl (C=O) groups excluding carboxylic acids is 1. The molecule has 4 rings (SSSR count). The lowest BCUT2D eigenvalue weighted by Gasteiger charge is -2.20. The lowest BCUT2D eigenvalue weighted by atomic mass is 10.1. The summed E-state index contributed by atoms with van der Waals surface area (Å²) in [5.74, 6) is 0.893. The van der Waals surface area contributed by atoms with Crippen molar-refractivity contribution < 1.29 is 9.53 Å². The minimum absolute atomic E-state index is 0.0635. The molecule has 0 saturated heterocycles. The number of para-hydroxylation sites is 1. The molecule has 6 heteroatoms. The maximum Gasteiger partial charge on any atom is 0.240 e. The first-order valence-corrected chi connectivity index (χ1v) is 8.91. The van der Waals surface area contributed by atoms with Crippen molar-refractivity contribution in [2.24, 2.45) is 0 Å². The standard InChI is InChI=1S/C20H22N4O2/c25-20(21-16-8-9-16)13-24-10-4-5-15(12-24)19-11-17(22-23-19)14-26-18-6-2-1-3-7-18/h1-4,6-7,10-12,16H,5,8-9,13-14H2,(H,21,25)(H,22,23). The van der Waals surface area contributed by atoms with E-state index in [4.69, 9.17) is 4.74 Å². The van der Waals surface area contributed by atoms with Crippen molar-refractivity contribution in [1.82, 2.24) is 20.4 Å². The maximum absolute atomic E-state index is 12.0. The molecule has 0 radical (unpaired) electrons. The Labute approximate surface area is 152 Å². The fourth-order valence-corrected chi connectivity index (χ4v) is 2.82. The van der Waals surface area contributed by atoms with Gasteiger partial charge in [-0.15, -0.1) is 0 Å². The van der Waals surface area contributed by atoms with Gasteiger partial charge in [-0.05, 0) is 43.0 Å². The van der Waals surface area contributed by atoms with Gasteiger partial charge in [0.15, 0.2) is 0 Å². The number of hydrogen-bond donors (Lipinski definition) is 2. The highest BCUT2D eigenvalue weighted by Gasteiger charge is 2.23.